The van der Waals surface area contributed by atoms with Crippen LogP contribution in [-0.4, -0.2) is 12.6 Å². The molecule has 0 fully saturated rings. The number of hydrogen-bond donors (Lipinski definition) is 0. The smallest absolute Gasteiger partial charge is 0.305 e. The van der Waals surface area contributed by atoms with E-state index in [4.69, 9.17) is 11.3 Å². The quantitative estimate of drug-likeness (QED) is 0.560. The van der Waals surface area contributed by atoms with Crippen LogP contribution >= 0.6 is 0 Å². The zero-order valence-electron chi connectivity index (χ0n) is 9.40. The Kier molecular flexibility index (Phi) is 5.07. The molecule has 0 bridgehead atoms. The largest absolute Gasteiger partial charge is 0.466 e. The molecule has 0 N–H and O–H groups in total. The number of benzene rings is 1. The molecule has 0 spiro atoms. The maximum Gasteiger partial charge on any atom is 0.305 e. The van der Waals surface area contributed by atoms with Crippen LogP contribution in [0.15, 0.2) is 24.3 Å². The topological polar surface area (TPSA) is 30.7 Å². The number of ether oxygens (including phenoxy) is 1. The van der Waals surface area contributed by atoms with Gasteiger partial charge in [0.05, 0.1) is 13.2 Å². The molecule has 0 atom stereocenters. The highest BCUT2D eigenvalue weighted by Crippen LogP contribution is 2.15. The van der Waals surface area contributed by atoms with Gasteiger partial charge < -0.3 is 4.74 Å². The Hall–Kier alpha value is -1.82. The maximum absolute atomic E-state index is 11.1. The Morgan fingerprint density at radius 1 is 1.50 bits per heavy atom. The van der Waals surface area contributed by atoms with Crippen LogP contribution in [0, 0.1) is 6.57 Å². The molecule has 16 heavy (non-hydrogen) atoms. The minimum atomic E-state index is -0.149. The summed E-state index contributed by atoms with van der Waals surface area (Å²) in [5, 5.41) is 0. The first-order valence-electron chi connectivity index (χ1n) is 5.38. The number of hydrogen-bond acceptors (Lipinski definition) is 2. The van der Waals surface area contributed by atoms with Gasteiger partial charge in [0.2, 0.25) is 0 Å². The summed E-state index contributed by atoms with van der Waals surface area (Å²) in [7, 11) is 0. The number of nitrogens with zero attached hydrogens (tertiary/aromatic N) is 1. The first kappa shape index (κ1) is 12.3. The molecule has 1 aromatic carbocycles. The highest BCUT2D eigenvalue weighted by atomic mass is 16.5. The van der Waals surface area contributed by atoms with E-state index < -0.39 is 0 Å². The second kappa shape index (κ2) is 6.62. The van der Waals surface area contributed by atoms with Gasteiger partial charge in [0.25, 0.3) is 0 Å². The van der Waals surface area contributed by atoms with E-state index in [1.807, 2.05) is 18.2 Å². The molecule has 0 radical (unpaired) electrons. The summed E-state index contributed by atoms with van der Waals surface area (Å²) in [6.45, 7) is 9.13. The SMILES string of the molecule is [C-]#[N+]c1cccc(CCCC(=O)OCC)c1. The van der Waals surface area contributed by atoms with Gasteiger partial charge in [0.1, 0.15) is 0 Å². The van der Waals surface area contributed by atoms with E-state index in [1.54, 1.807) is 13.0 Å². The van der Waals surface area contributed by atoms with E-state index in [1.165, 1.54) is 0 Å². The van der Waals surface area contributed by atoms with Crippen molar-refractivity contribution >= 4 is 11.7 Å². The van der Waals surface area contributed by atoms with Gasteiger partial charge in [-0.1, -0.05) is 29.8 Å². The summed E-state index contributed by atoms with van der Waals surface area (Å²) in [5.74, 6) is -0.149. The van der Waals surface area contributed by atoms with Gasteiger partial charge in [0.15, 0.2) is 5.69 Å². The number of aryl methyl sites for hydroxylation is 1. The van der Waals surface area contributed by atoms with Crippen molar-refractivity contribution in [2.45, 2.75) is 26.2 Å². The minimum absolute atomic E-state index is 0.149. The van der Waals surface area contributed by atoms with Crippen LogP contribution in [0.4, 0.5) is 5.69 Å². The molecule has 84 valence electrons. The van der Waals surface area contributed by atoms with Crippen molar-refractivity contribution in [3.63, 3.8) is 0 Å². The Labute approximate surface area is 95.9 Å². The number of carbonyl (C=O) groups excluding carboxylic acids is 1. The Balaban J connectivity index is 2.37. The Morgan fingerprint density at radius 3 is 3.00 bits per heavy atom. The van der Waals surface area contributed by atoms with Gasteiger partial charge in [-0.3, -0.25) is 4.79 Å². The standard InChI is InChI=1S/C13H15NO2/c1-3-16-13(15)9-5-7-11-6-4-8-12(10-11)14-2/h4,6,8,10H,3,5,7,9H2,1H3. The van der Waals surface area contributed by atoms with Crippen molar-refractivity contribution in [1.29, 1.82) is 0 Å². The summed E-state index contributed by atoms with van der Waals surface area (Å²) in [6, 6.07) is 7.48. The van der Waals surface area contributed by atoms with E-state index in [0.29, 0.717) is 18.7 Å². The lowest BCUT2D eigenvalue weighted by molar-refractivity contribution is -0.143. The van der Waals surface area contributed by atoms with Gasteiger partial charge in [-0.2, -0.15) is 0 Å². The number of carbonyl (C=O) groups is 1. The molecular weight excluding hydrogens is 202 g/mol. The zero-order chi connectivity index (χ0) is 11.8. The van der Waals surface area contributed by atoms with Gasteiger partial charge >= 0.3 is 5.97 Å². The van der Waals surface area contributed by atoms with Gasteiger partial charge in [-0.15, -0.1) is 0 Å². The first-order valence-corrected chi connectivity index (χ1v) is 5.38. The molecule has 3 nitrogen and oxygen atoms in total. The number of rotatable bonds is 5. The lowest BCUT2D eigenvalue weighted by Gasteiger charge is -2.02. The molecular formula is C13H15NO2. The predicted octanol–water partition coefficient (Wildman–Crippen LogP) is 3.12. The molecule has 0 aliphatic heterocycles. The molecule has 1 aromatic rings. The van der Waals surface area contributed by atoms with E-state index in [0.717, 1.165) is 18.4 Å². The molecule has 0 aliphatic rings. The molecule has 0 aliphatic carbocycles. The predicted molar refractivity (Wildman–Crippen MR) is 62.3 cm³/mol. The normalized spacial score (nSPS) is 9.50. The summed E-state index contributed by atoms with van der Waals surface area (Å²) in [4.78, 5) is 14.4. The second-order valence-electron chi connectivity index (χ2n) is 3.44. The fraction of sp³-hybridized carbons (Fsp3) is 0.385. The van der Waals surface area contributed by atoms with Crippen molar-refractivity contribution in [3.05, 3.63) is 41.2 Å². The lowest BCUT2D eigenvalue weighted by Crippen LogP contribution is -2.03. The molecule has 0 saturated carbocycles. The van der Waals surface area contributed by atoms with Crippen molar-refractivity contribution < 1.29 is 9.53 Å². The van der Waals surface area contributed by atoms with Crippen molar-refractivity contribution in [2.75, 3.05) is 6.61 Å². The van der Waals surface area contributed by atoms with Crippen LogP contribution in [0.3, 0.4) is 0 Å². The summed E-state index contributed by atoms with van der Waals surface area (Å²) in [6.07, 6.45) is 2.01. The molecule has 3 heteroatoms. The summed E-state index contributed by atoms with van der Waals surface area (Å²) in [5.41, 5.74) is 1.74. The summed E-state index contributed by atoms with van der Waals surface area (Å²) < 4.78 is 4.84. The fourth-order valence-corrected chi connectivity index (χ4v) is 1.45. The van der Waals surface area contributed by atoms with E-state index in [9.17, 15) is 4.79 Å². The monoisotopic (exact) mass is 217 g/mol. The highest BCUT2D eigenvalue weighted by molar-refractivity contribution is 5.69. The molecule has 0 heterocycles. The van der Waals surface area contributed by atoms with Gasteiger partial charge in [-0.25, -0.2) is 4.85 Å². The first-order chi connectivity index (χ1) is 7.76. The lowest BCUT2D eigenvalue weighted by atomic mass is 10.1. The molecule has 0 aromatic heterocycles. The highest BCUT2D eigenvalue weighted by Gasteiger charge is 2.02. The zero-order valence-corrected chi connectivity index (χ0v) is 9.40. The van der Waals surface area contributed by atoms with Crippen LogP contribution < -0.4 is 0 Å². The van der Waals surface area contributed by atoms with Crippen LogP contribution in [0.2, 0.25) is 0 Å². The average Bonchev–Trinajstić information content (AvgIpc) is 2.30. The van der Waals surface area contributed by atoms with Crippen molar-refractivity contribution in [2.24, 2.45) is 0 Å². The third-order valence-electron chi connectivity index (χ3n) is 2.19. The Morgan fingerprint density at radius 2 is 2.31 bits per heavy atom. The van der Waals surface area contributed by atoms with Gasteiger partial charge in [0, 0.05) is 6.42 Å². The van der Waals surface area contributed by atoms with Crippen molar-refractivity contribution in [1.82, 2.24) is 0 Å². The number of esters is 1. The second-order valence-corrected chi connectivity index (χ2v) is 3.44. The third kappa shape index (κ3) is 4.14. The van der Waals surface area contributed by atoms with Gasteiger partial charge in [-0.05, 0) is 19.8 Å². The third-order valence-corrected chi connectivity index (χ3v) is 2.19. The van der Waals surface area contributed by atoms with E-state index >= 15 is 0 Å². The molecule has 1 rings (SSSR count). The summed E-state index contributed by atoms with van der Waals surface area (Å²) >= 11 is 0. The molecule has 0 unspecified atom stereocenters. The Bertz CT molecular complexity index is 393. The van der Waals surface area contributed by atoms with Crippen LogP contribution in [-0.2, 0) is 16.0 Å². The molecule has 0 amide bonds. The minimum Gasteiger partial charge on any atom is -0.466 e. The maximum atomic E-state index is 11.1. The van der Waals surface area contributed by atoms with Crippen LogP contribution in [0.25, 0.3) is 4.85 Å². The van der Waals surface area contributed by atoms with Crippen molar-refractivity contribution in [3.8, 4) is 0 Å². The fourth-order valence-electron chi connectivity index (χ4n) is 1.45. The average molecular weight is 217 g/mol. The van der Waals surface area contributed by atoms with Crippen LogP contribution in [0.1, 0.15) is 25.3 Å². The van der Waals surface area contributed by atoms with E-state index in [2.05, 4.69) is 4.85 Å². The molecule has 0 saturated heterocycles. The van der Waals surface area contributed by atoms with E-state index in [-0.39, 0.29) is 5.97 Å². The van der Waals surface area contributed by atoms with Crippen LogP contribution in [0.5, 0.6) is 0 Å².